The minimum absolute atomic E-state index is 0.0258. The van der Waals surface area contributed by atoms with Gasteiger partial charge in [0.05, 0.1) is 30.2 Å². The number of hydrogen-bond acceptors (Lipinski definition) is 5. The highest BCUT2D eigenvalue weighted by Gasteiger charge is 2.10. The maximum atomic E-state index is 12.0. The van der Waals surface area contributed by atoms with Crippen LogP contribution in [-0.2, 0) is 6.54 Å². The van der Waals surface area contributed by atoms with Crippen molar-refractivity contribution in [2.45, 2.75) is 26.4 Å². The molecule has 0 atom stereocenters. The molecule has 0 spiro atoms. The number of nitrogens with one attached hydrogen (secondary N) is 1. The van der Waals surface area contributed by atoms with E-state index in [1.165, 1.54) is 4.68 Å². The summed E-state index contributed by atoms with van der Waals surface area (Å²) < 4.78 is 1.90. The molecular weight excluding hydrogens is 310 g/mol. The Morgan fingerprint density at radius 1 is 1.47 bits per heavy atom. The van der Waals surface area contributed by atoms with E-state index in [1.807, 2.05) is 26.0 Å². The van der Waals surface area contributed by atoms with Gasteiger partial charge in [-0.3, -0.25) is 4.79 Å². The van der Waals surface area contributed by atoms with Crippen molar-refractivity contribution >= 4 is 21.6 Å². The fourth-order valence-corrected chi connectivity index (χ4v) is 1.97. The Labute approximate surface area is 119 Å². The van der Waals surface area contributed by atoms with Crippen LogP contribution in [0.15, 0.2) is 33.8 Å². The van der Waals surface area contributed by atoms with E-state index in [9.17, 15) is 4.79 Å². The van der Waals surface area contributed by atoms with Gasteiger partial charge in [-0.05, 0) is 41.9 Å². The summed E-state index contributed by atoms with van der Waals surface area (Å²) in [5.41, 5.74) is 1.29. The van der Waals surface area contributed by atoms with E-state index >= 15 is 0 Å². The third-order valence-electron chi connectivity index (χ3n) is 2.52. The zero-order chi connectivity index (χ0) is 13.8. The van der Waals surface area contributed by atoms with Crippen LogP contribution < -0.4 is 10.9 Å². The Balaban J connectivity index is 2.18. The molecule has 0 radical (unpaired) electrons. The molecule has 0 aliphatic carbocycles. The number of hydrogen-bond donors (Lipinski definition) is 1. The molecule has 2 heterocycles. The average Bonchev–Trinajstić information content (AvgIpc) is 2.41. The van der Waals surface area contributed by atoms with Crippen LogP contribution in [0.25, 0.3) is 0 Å². The Morgan fingerprint density at radius 2 is 2.26 bits per heavy atom. The first-order valence-corrected chi connectivity index (χ1v) is 6.66. The molecule has 2 rings (SSSR count). The second-order valence-electron chi connectivity index (χ2n) is 4.28. The Hall–Kier alpha value is -1.76. The van der Waals surface area contributed by atoms with Gasteiger partial charge in [-0.25, -0.2) is 4.68 Å². The molecule has 2 aromatic rings. The molecule has 0 unspecified atom stereocenters. The number of anilines is 1. The van der Waals surface area contributed by atoms with Crippen molar-refractivity contribution in [3.63, 3.8) is 0 Å². The summed E-state index contributed by atoms with van der Waals surface area (Å²) >= 11 is 3.30. The molecule has 100 valence electrons. The quantitative estimate of drug-likeness (QED) is 0.931. The van der Waals surface area contributed by atoms with Crippen molar-refractivity contribution in [1.82, 2.24) is 20.0 Å². The summed E-state index contributed by atoms with van der Waals surface area (Å²) in [7, 11) is 0. The molecule has 0 aliphatic rings. The van der Waals surface area contributed by atoms with Crippen LogP contribution in [0.2, 0.25) is 0 Å². The fraction of sp³-hybridized carbons (Fsp3) is 0.333. The van der Waals surface area contributed by atoms with E-state index < -0.39 is 0 Å². The highest BCUT2D eigenvalue weighted by Crippen LogP contribution is 2.17. The molecular formula is C12H14BrN5O. The normalized spacial score (nSPS) is 10.7. The van der Waals surface area contributed by atoms with Crippen molar-refractivity contribution in [2.24, 2.45) is 0 Å². The van der Waals surface area contributed by atoms with E-state index in [-0.39, 0.29) is 11.6 Å². The van der Waals surface area contributed by atoms with Crippen LogP contribution in [0.4, 0.5) is 5.69 Å². The summed E-state index contributed by atoms with van der Waals surface area (Å²) in [4.78, 5) is 12.0. The minimum Gasteiger partial charge on any atom is -0.377 e. The van der Waals surface area contributed by atoms with Crippen molar-refractivity contribution in [3.8, 4) is 0 Å². The maximum absolute atomic E-state index is 12.0. The zero-order valence-corrected chi connectivity index (χ0v) is 12.3. The lowest BCUT2D eigenvalue weighted by molar-refractivity contribution is 0.501. The predicted octanol–water partition coefficient (Wildman–Crippen LogP) is 1.99. The molecule has 0 saturated heterocycles. The smallest absolute Gasteiger partial charge is 0.283 e. The first-order valence-electron chi connectivity index (χ1n) is 5.87. The summed E-state index contributed by atoms with van der Waals surface area (Å²) in [6, 6.07) is 3.70. The highest BCUT2D eigenvalue weighted by atomic mass is 79.9. The van der Waals surface area contributed by atoms with Crippen LogP contribution in [-0.4, -0.2) is 20.0 Å². The monoisotopic (exact) mass is 323 g/mol. The summed E-state index contributed by atoms with van der Waals surface area (Å²) in [6.07, 6.45) is 3.24. The zero-order valence-electron chi connectivity index (χ0n) is 10.7. The molecule has 1 N–H and O–H groups in total. The van der Waals surface area contributed by atoms with Gasteiger partial charge < -0.3 is 5.32 Å². The van der Waals surface area contributed by atoms with E-state index in [1.54, 1.807) is 12.4 Å². The van der Waals surface area contributed by atoms with E-state index in [0.717, 1.165) is 5.69 Å². The minimum atomic E-state index is -0.154. The van der Waals surface area contributed by atoms with Gasteiger partial charge in [0, 0.05) is 6.20 Å². The fourth-order valence-electron chi connectivity index (χ4n) is 1.55. The van der Waals surface area contributed by atoms with Crippen molar-refractivity contribution in [2.75, 3.05) is 5.32 Å². The maximum Gasteiger partial charge on any atom is 0.283 e. The number of nitrogens with zero attached hydrogens (tertiary/aromatic N) is 4. The average molecular weight is 324 g/mol. The van der Waals surface area contributed by atoms with E-state index in [4.69, 9.17) is 0 Å². The van der Waals surface area contributed by atoms with Gasteiger partial charge in [0.2, 0.25) is 0 Å². The van der Waals surface area contributed by atoms with Crippen LogP contribution in [0, 0.1) is 0 Å². The van der Waals surface area contributed by atoms with Crippen molar-refractivity contribution in [1.29, 1.82) is 0 Å². The van der Waals surface area contributed by atoms with Crippen LogP contribution in [0.5, 0.6) is 0 Å². The number of aromatic nitrogens is 4. The third kappa shape index (κ3) is 3.17. The van der Waals surface area contributed by atoms with Gasteiger partial charge in [0.25, 0.3) is 5.56 Å². The molecule has 6 nitrogen and oxygen atoms in total. The van der Waals surface area contributed by atoms with Gasteiger partial charge in [-0.2, -0.15) is 15.3 Å². The SMILES string of the molecule is CC(C)n1ncc(NCc2cccnn2)c(Br)c1=O. The highest BCUT2D eigenvalue weighted by molar-refractivity contribution is 9.10. The van der Waals surface area contributed by atoms with E-state index in [0.29, 0.717) is 16.7 Å². The topological polar surface area (TPSA) is 72.7 Å². The summed E-state index contributed by atoms with van der Waals surface area (Å²) in [5, 5.41) is 15.0. The van der Waals surface area contributed by atoms with E-state index in [2.05, 4.69) is 36.5 Å². The third-order valence-corrected chi connectivity index (χ3v) is 3.29. The standard InChI is InChI=1S/C12H14BrN5O/c1-8(2)18-12(19)11(13)10(7-16-18)14-6-9-4-3-5-15-17-9/h3-5,7-8,14H,6H2,1-2H3. The second-order valence-corrected chi connectivity index (χ2v) is 5.08. The molecule has 0 bridgehead atoms. The van der Waals surface area contributed by atoms with Crippen molar-refractivity contribution < 1.29 is 0 Å². The van der Waals surface area contributed by atoms with Crippen LogP contribution in [0.3, 0.4) is 0 Å². The Bertz CT molecular complexity index is 611. The lowest BCUT2D eigenvalue weighted by atomic mass is 10.3. The predicted molar refractivity (Wildman–Crippen MR) is 75.9 cm³/mol. The number of halogens is 1. The lowest BCUT2D eigenvalue weighted by Gasteiger charge is -2.12. The summed E-state index contributed by atoms with van der Waals surface area (Å²) in [5.74, 6) is 0. The molecule has 2 aromatic heterocycles. The molecule has 0 saturated carbocycles. The molecule has 0 amide bonds. The van der Waals surface area contributed by atoms with Gasteiger partial charge in [0.15, 0.2) is 0 Å². The summed E-state index contributed by atoms with van der Waals surface area (Å²) in [6.45, 7) is 4.31. The lowest BCUT2D eigenvalue weighted by Crippen LogP contribution is -2.26. The molecule has 0 aromatic carbocycles. The van der Waals surface area contributed by atoms with Gasteiger partial charge in [-0.1, -0.05) is 0 Å². The largest absolute Gasteiger partial charge is 0.377 e. The second kappa shape index (κ2) is 5.92. The molecule has 7 heteroatoms. The molecule has 0 fully saturated rings. The Morgan fingerprint density at radius 3 is 2.89 bits per heavy atom. The first-order chi connectivity index (χ1) is 9.09. The Kier molecular flexibility index (Phi) is 4.26. The van der Waals surface area contributed by atoms with Crippen LogP contribution >= 0.6 is 15.9 Å². The first kappa shape index (κ1) is 13.7. The number of rotatable bonds is 4. The molecule has 19 heavy (non-hydrogen) atoms. The van der Waals surface area contributed by atoms with Gasteiger partial charge in [-0.15, -0.1) is 0 Å². The van der Waals surface area contributed by atoms with Crippen LogP contribution in [0.1, 0.15) is 25.6 Å². The van der Waals surface area contributed by atoms with Gasteiger partial charge >= 0.3 is 0 Å². The van der Waals surface area contributed by atoms with Crippen molar-refractivity contribution in [3.05, 3.63) is 45.0 Å². The van der Waals surface area contributed by atoms with Gasteiger partial charge in [0.1, 0.15) is 4.47 Å². The molecule has 0 aliphatic heterocycles.